The Labute approximate surface area is 158 Å². The van der Waals surface area contributed by atoms with Gasteiger partial charge in [0.25, 0.3) is 0 Å². The van der Waals surface area contributed by atoms with Gasteiger partial charge in [-0.2, -0.15) is 5.10 Å². The summed E-state index contributed by atoms with van der Waals surface area (Å²) in [7, 11) is 2.00. The van der Waals surface area contributed by atoms with Crippen molar-refractivity contribution in [2.24, 2.45) is 7.05 Å². The van der Waals surface area contributed by atoms with E-state index in [9.17, 15) is 4.39 Å². The Hall–Kier alpha value is -2.82. The molecule has 2 aromatic carbocycles. The molecule has 1 atom stereocenters. The average molecular weight is 362 g/mol. The predicted octanol–water partition coefficient (Wildman–Crippen LogP) is 5.39. The molecule has 2 N–H and O–H groups in total. The molecule has 2 heterocycles. The largest absolute Gasteiger partial charge is 0.380 e. The molecule has 138 valence electrons. The molecule has 5 rings (SSSR count). The van der Waals surface area contributed by atoms with Crippen LogP contribution in [0.2, 0.25) is 0 Å². The van der Waals surface area contributed by atoms with E-state index >= 15 is 0 Å². The first-order valence-corrected chi connectivity index (χ1v) is 9.52. The molecule has 0 amide bonds. The normalized spacial score (nSPS) is 19.4. The van der Waals surface area contributed by atoms with Crippen molar-refractivity contribution in [2.45, 2.75) is 38.1 Å². The Bertz CT molecular complexity index is 1080. The number of aromatic nitrogens is 2. The number of halogens is 1. The fraction of sp³-hybridized carbons (Fsp3) is 0.318. The van der Waals surface area contributed by atoms with E-state index in [0.29, 0.717) is 11.6 Å². The molecule has 1 saturated carbocycles. The predicted molar refractivity (Wildman–Crippen MR) is 109 cm³/mol. The molecule has 0 saturated heterocycles. The van der Waals surface area contributed by atoms with E-state index in [1.165, 1.54) is 30.0 Å². The average Bonchev–Trinajstić information content (AvgIpc) is 3.43. The van der Waals surface area contributed by atoms with Gasteiger partial charge < -0.3 is 10.6 Å². The second-order valence-electron chi connectivity index (χ2n) is 7.84. The van der Waals surface area contributed by atoms with Crippen LogP contribution in [0.15, 0.2) is 42.6 Å². The Balaban J connectivity index is 1.70. The van der Waals surface area contributed by atoms with E-state index in [2.05, 4.69) is 42.3 Å². The van der Waals surface area contributed by atoms with E-state index in [-0.39, 0.29) is 11.9 Å². The summed E-state index contributed by atoms with van der Waals surface area (Å²) in [6, 6.07) is 9.98. The maximum absolute atomic E-state index is 14.5. The number of fused-ring (bicyclic) bond motifs is 2. The van der Waals surface area contributed by atoms with Gasteiger partial charge in [-0.05, 0) is 49.6 Å². The van der Waals surface area contributed by atoms with Crippen molar-refractivity contribution in [1.82, 2.24) is 9.78 Å². The minimum absolute atomic E-state index is 0.177. The van der Waals surface area contributed by atoms with Crippen LogP contribution in [0.1, 0.15) is 37.8 Å². The van der Waals surface area contributed by atoms with Crippen LogP contribution in [0, 0.1) is 5.82 Å². The number of hydrogen-bond acceptors (Lipinski definition) is 3. The highest BCUT2D eigenvalue weighted by atomic mass is 19.1. The molecule has 4 nitrogen and oxygen atoms in total. The third-order valence-electron chi connectivity index (χ3n) is 5.55. The van der Waals surface area contributed by atoms with Gasteiger partial charge in [-0.25, -0.2) is 4.39 Å². The molecular formula is C22H23FN4. The minimum atomic E-state index is -0.266. The first kappa shape index (κ1) is 16.4. The van der Waals surface area contributed by atoms with Crippen molar-refractivity contribution >= 4 is 22.3 Å². The summed E-state index contributed by atoms with van der Waals surface area (Å²) in [6.45, 7) is 6.11. The quantitative estimate of drug-likeness (QED) is 0.642. The highest BCUT2D eigenvalue weighted by Crippen LogP contribution is 2.44. The number of aryl methyl sites for hydroxylation is 1. The summed E-state index contributed by atoms with van der Waals surface area (Å²) < 4.78 is 16.5. The first-order chi connectivity index (χ1) is 13.0. The molecule has 1 aliphatic heterocycles. The zero-order valence-corrected chi connectivity index (χ0v) is 15.6. The lowest BCUT2D eigenvalue weighted by Crippen LogP contribution is -2.14. The number of anilines is 2. The first-order valence-electron chi connectivity index (χ1n) is 9.52. The van der Waals surface area contributed by atoms with Gasteiger partial charge >= 0.3 is 0 Å². The molecular weight excluding hydrogens is 339 g/mol. The zero-order valence-electron chi connectivity index (χ0n) is 15.6. The Morgan fingerprint density at radius 1 is 1.19 bits per heavy atom. The second kappa shape index (κ2) is 5.84. The highest BCUT2D eigenvalue weighted by molar-refractivity contribution is 5.94. The monoisotopic (exact) mass is 362 g/mol. The Morgan fingerprint density at radius 3 is 2.78 bits per heavy atom. The van der Waals surface area contributed by atoms with Gasteiger partial charge in [0, 0.05) is 42.1 Å². The molecule has 27 heavy (non-hydrogen) atoms. The van der Waals surface area contributed by atoms with Gasteiger partial charge in [-0.3, -0.25) is 4.68 Å². The molecule has 2 aliphatic rings. The van der Waals surface area contributed by atoms with E-state index in [0.717, 1.165) is 34.4 Å². The van der Waals surface area contributed by atoms with Gasteiger partial charge in [-0.15, -0.1) is 0 Å². The van der Waals surface area contributed by atoms with Crippen molar-refractivity contribution < 1.29 is 4.39 Å². The van der Waals surface area contributed by atoms with Crippen LogP contribution in [-0.4, -0.2) is 15.8 Å². The number of benzene rings is 2. The van der Waals surface area contributed by atoms with Crippen LogP contribution < -0.4 is 10.6 Å². The molecule has 1 unspecified atom stereocenters. The molecule has 0 bridgehead atoms. The number of nitrogens with one attached hydrogen (secondary N) is 2. The third-order valence-corrected chi connectivity index (χ3v) is 5.55. The second-order valence-corrected chi connectivity index (χ2v) is 7.84. The number of nitrogens with zero attached hydrogens (tertiary/aromatic N) is 2. The molecule has 1 aliphatic carbocycles. The smallest absolute Gasteiger partial charge is 0.148 e. The van der Waals surface area contributed by atoms with E-state index in [1.54, 1.807) is 0 Å². The summed E-state index contributed by atoms with van der Waals surface area (Å²) in [5.41, 5.74) is 6.50. The Morgan fingerprint density at radius 2 is 2.00 bits per heavy atom. The van der Waals surface area contributed by atoms with E-state index in [1.807, 2.05) is 17.8 Å². The zero-order chi connectivity index (χ0) is 18.7. The fourth-order valence-electron chi connectivity index (χ4n) is 4.10. The summed E-state index contributed by atoms with van der Waals surface area (Å²) in [5, 5.41) is 12.6. The van der Waals surface area contributed by atoms with Gasteiger partial charge in [0.05, 0.1) is 22.6 Å². The summed E-state index contributed by atoms with van der Waals surface area (Å²) in [5.74, 6) is 0.315. The number of hydrogen-bond donors (Lipinski definition) is 2. The highest BCUT2D eigenvalue weighted by Gasteiger charge is 2.29. The van der Waals surface area contributed by atoms with Gasteiger partial charge in [0.15, 0.2) is 0 Å². The maximum atomic E-state index is 14.5. The fourth-order valence-corrected chi connectivity index (χ4v) is 4.10. The maximum Gasteiger partial charge on any atom is 0.148 e. The van der Waals surface area contributed by atoms with Crippen molar-refractivity contribution in [1.29, 1.82) is 0 Å². The molecule has 1 fully saturated rings. The van der Waals surface area contributed by atoms with Gasteiger partial charge in [-0.1, -0.05) is 12.6 Å². The van der Waals surface area contributed by atoms with E-state index < -0.39 is 0 Å². The van der Waals surface area contributed by atoms with Crippen LogP contribution >= 0.6 is 0 Å². The Kier molecular flexibility index (Phi) is 3.54. The van der Waals surface area contributed by atoms with Gasteiger partial charge in [0.1, 0.15) is 5.82 Å². The molecule has 1 aromatic heterocycles. The molecule has 5 heteroatoms. The number of rotatable bonds is 2. The lowest BCUT2D eigenvalue weighted by atomic mass is 9.99. The third kappa shape index (κ3) is 2.69. The van der Waals surface area contributed by atoms with Crippen molar-refractivity contribution in [2.75, 3.05) is 10.6 Å². The topological polar surface area (TPSA) is 41.9 Å². The van der Waals surface area contributed by atoms with Crippen molar-refractivity contribution in [3.05, 3.63) is 54.1 Å². The summed E-state index contributed by atoms with van der Waals surface area (Å²) >= 11 is 0. The van der Waals surface area contributed by atoms with Crippen LogP contribution in [0.5, 0.6) is 0 Å². The SMILES string of the molecule is C=C1CC(C)Nc2c(-c3ccc4c(c3)c(C3CC3)nn4C)ccc(F)c2N1. The lowest BCUT2D eigenvalue weighted by molar-refractivity contribution is 0.632. The van der Waals surface area contributed by atoms with Crippen LogP contribution in [-0.2, 0) is 7.05 Å². The molecule has 0 spiro atoms. The van der Waals surface area contributed by atoms with Gasteiger partial charge in [0.2, 0.25) is 0 Å². The molecule has 0 radical (unpaired) electrons. The minimum Gasteiger partial charge on any atom is -0.380 e. The van der Waals surface area contributed by atoms with E-state index in [4.69, 9.17) is 5.10 Å². The summed E-state index contributed by atoms with van der Waals surface area (Å²) in [4.78, 5) is 0. The van der Waals surface area contributed by atoms with Crippen LogP contribution in [0.4, 0.5) is 15.8 Å². The standard InChI is InChI=1S/C22H23FN4/c1-12-10-13(2)25-22-18(23)8-7-16(21(22)24-12)15-6-9-19-17(11-15)20(14-4-5-14)26-27(19)3/h6-9,11-12,14,24-25H,2,4-5,10H2,1,3H3. The summed E-state index contributed by atoms with van der Waals surface area (Å²) in [6.07, 6.45) is 3.18. The van der Waals surface area contributed by atoms with Crippen molar-refractivity contribution in [3.8, 4) is 11.1 Å². The van der Waals surface area contributed by atoms with Crippen LogP contribution in [0.3, 0.4) is 0 Å². The van der Waals surface area contributed by atoms with Crippen molar-refractivity contribution in [3.63, 3.8) is 0 Å². The molecule has 3 aromatic rings. The lowest BCUT2D eigenvalue weighted by Gasteiger charge is -2.17. The van der Waals surface area contributed by atoms with Crippen LogP contribution in [0.25, 0.3) is 22.0 Å².